The minimum Gasteiger partial charge on any atom is -0.481 e. The van der Waals surface area contributed by atoms with Gasteiger partial charge in [-0.05, 0) is 72.9 Å². The first-order valence-corrected chi connectivity index (χ1v) is 12.8. The maximum Gasteiger partial charge on any atom is 0.265 e. The molecule has 194 valence electrons. The molecule has 0 radical (unpaired) electrons. The summed E-state index contributed by atoms with van der Waals surface area (Å²) in [6.45, 7) is 10.1. The number of aryl methyl sites for hydroxylation is 1. The van der Waals surface area contributed by atoms with E-state index in [4.69, 9.17) is 4.74 Å². The summed E-state index contributed by atoms with van der Waals surface area (Å²) >= 11 is 0. The van der Waals surface area contributed by atoms with E-state index in [2.05, 4.69) is 5.32 Å². The van der Waals surface area contributed by atoms with Crippen LogP contribution in [0.25, 0.3) is 0 Å². The molecule has 0 fully saturated rings. The van der Waals surface area contributed by atoms with Crippen LogP contribution in [0.4, 0.5) is 10.1 Å². The van der Waals surface area contributed by atoms with E-state index in [9.17, 15) is 14.0 Å². The Hall–Kier alpha value is -3.67. The minimum absolute atomic E-state index is 0.00245. The Labute approximate surface area is 218 Å². The van der Waals surface area contributed by atoms with Gasteiger partial charge in [-0.3, -0.25) is 9.59 Å². The number of benzene rings is 3. The van der Waals surface area contributed by atoms with E-state index >= 15 is 0 Å². The number of nitrogens with zero attached hydrogens (tertiary/aromatic N) is 1. The number of hydrogen-bond acceptors (Lipinski definition) is 3. The molecule has 3 aromatic carbocycles. The number of hydrogen-bond donors (Lipinski definition) is 1. The molecule has 37 heavy (non-hydrogen) atoms. The van der Waals surface area contributed by atoms with Crippen molar-refractivity contribution in [3.63, 3.8) is 0 Å². The first kappa shape index (κ1) is 26.4. The zero-order chi connectivity index (χ0) is 26.7. The fourth-order valence-corrected chi connectivity index (χ4v) is 4.70. The Morgan fingerprint density at radius 2 is 1.81 bits per heavy atom. The molecular formula is C31H35FN2O3. The summed E-state index contributed by atoms with van der Waals surface area (Å²) < 4.78 is 20.4. The first-order chi connectivity index (χ1) is 17.6. The first-order valence-electron chi connectivity index (χ1n) is 12.8. The summed E-state index contributed by atoms with van der Waals surface area (Å²) in [6, 6.07) is 19.3. The molecule has 1 aliphatic heterocycles. The number of carbonyl (C=O) groups excluding carboxylic acids is 2. The monoisotopic (exact) mass is 502 g/mol. The molecule has 0 aromatic heterocycles. The molecule has 0 saturated heterocycles. The lowest BCUT2D eigenvalue weighted by Gasteiger charge is -2.41. The van der Waals surface area contributed by atoms with Gasteiger partial charge in [0, 0.05) is 17.6 Å². The largest absolute Gasteiger partial charge is 0.481 e. The van der Waals surface area contributed by atoms with Crippen molar-refractivity contribution in [2.75, 3.05) is 11.9 Å². The highest BCUT2D eigenvalue weighted by Crippen LogP contribution is 2.39. The molecule has 4 rings (SSSR count). The predicted molar refractivity (Wildman–Crippen MR) is 144 cm³/mol. The smallest absolute Gasteiger partial charge is 0.265 e. The van der Waals surface area contributed by atoms with Crippen LogP contribution in [-0.2, 0) is 16.0 Å². The lowest BCUT2D eigenvalue weighted by Crippen LogP contribution is -2.45. The number of anilines is 1. The van der Waals surface area contributed by atoms with Crippen LogP contribution >= 0.6 is 0 Å². The second kappa shape index (κ2) is 10.8. The van der Waals surface area contributed by atoms with Crippen LogP contribution in [0, 0.1) is 18.2 Å². The lowest BCUT2D eigenvalue weighted by molar-refractivity contribution is -0.141. The van der Waals surface area contributed by atoms with Gasteiger partial charge in [0.2, 0.25) is 5.91 Å². The number of nitrogens with one attached hydrogen (secondary N) is 1. The third kappa shape index (κ3) is 6.01. The van der Waals surface area contributed by atoms with Gasteiger partial charge in [-0.1, -0.05) is 63.6 Å². The third-order valence-electron chi connectivity index (χ3n) is 6.67. The van der Waals surface area contributed by atoms with E-state index in [1.807, 2.05) is 88.0 Å². The van der Waals surface area contributed by atoms with Crippen LogP contribution in [-0.4, -0.2) is 29.4 Å². The van der Waals surface area contributed by atoms with Crippen molar-refractivity contribution in [3.05, 3.63) is 94.8 Å². The number of halogens is 1. The quantitative estimate of drug-likeness (QED) is 0.421. The van der Waals surface area contributed by atoms with E-state index in [-0.39, 0.29) is 17.6 Å². The van der Waals surface area contributed by atoms with E-state index in [0.717, 1.165) is 16.7 Å². The summed E-state index contributed by atoms with van der Waals surface area (Å²) in [5.41, 5.74) is 3.92. The molecule has 0 bridgehead atoms. The van der Waals surface area contributed by atoms with Crippen molar-refractivity contribution in [1.82, 2.24) is 4.90 Å². The van der Waals surface area contributed by atoms with E-state index in [1.165, 1.54) is 12.1 Å². The summed E-state index contributed by atoms with van der Waals surface area (Å²) in [5.74, 6) is -0.0342. The molecular weight excluding hydrogens is 467 g/mol. The third-order valence-corrected chi connectivity index (χ3v) is 6.67. The number of amides is 2. The molecule has 1 aliphatic rings. The molecule has 3 aromatic rings. The summed E-state index contributed by atoms with van der Waals surface area (Å²) in [5, 5.41) is 2.92. The molecule has 5 nitrogen and oxygen atoms in total. The predicted octanol–water partition coefficient (Wildman–Crippen LogP) is 6.45. The van der Waals surface area contributed by atoms with Crippen molar-refractivity contribution < 1.29 is 18.7 Å². The van der Waals surface area contributed by atoms with Gasteiger partial charge in [0.15, 0.2) is 6.10 Å². The van der Waals surface area contributed by atoms with Gasteiger partial charge in [-0.25, -0.2) is 4.39 Å². The second-order valence-electron chi connectivity index (χ2n) is 10.7. The molecule has 1 heterocycles. The van der Waals surface area contributed by atoms with Gasteiger partial charge >= 0.3 is 0 Å². The minimum atomic E-state index is -0.692. The summed E-state index contributed by atoms with van der Waals surface area (Å²) in [7, 11) is 0. The van der Waals surface area contributed by atoms with E-state index in [0.29, 0.717) is 36.4 Å². The number of carbonyl (C=O) groups is 2. The molecule has 2 amide bonds. The fraction of sp³-hybridized carbons (Fsp3) is 0.355. The highest BCUT2D eigenvalue weighted by atomic mass is 19.1. The summed E-state index contributed by atoms with van der Waals surface area (Å²) in [4.78, 5) is 28.2. The van der Waals surface area contributed by atoms with Gasteiger partial charge in [-0.2, -0.15) is 0 Å². The maximum atomic E-state index is 14.3. The fourth-order valence-electron chi connectivity index (χ4n) is 4.70. The number of ether oxygens (including phenoxy) is 1. The standard InChI is InChI=1S/C31H35FN2O3/c1-6-27(29(35)33-24-13-10-20(2)11-14-24)37-25-15-12-21-16-17-34(30(36)31(3,4)5)28(26(21)19-25)22-8-7-9-23(32)18-22/h7-15,18-19,27-28H,6,16-17H2,1-5H3,(H,33,35)/t27-,28-/m1/s1. The highest BCUT2D eigenvalue weighted by molar-refractivity contribution is 5.94. The molecule has 2 atom stereocenters. The normalized spacial score (nSPS) is 16.1. The van der Waals surface area contributed by atoms with Gasteiger partial charge in [-0.15, -0.1) is 0 Å². The molecule has 0 aliphatic carbocycles. The second-order valence-corrected chi connectivity index (χ2v) is 10.7. The Kier molecular flexibility index (Phi) is 7.67. The SMILES string of the molecule is CC[C@@H](Oc1ccc2c(c1)[C@@H](c1cccc(F)c1)N(C(=O)C(C)(C)C)CC2)C(=O)Nc1ccc(C)cc1. The summed E-state index contributed by atoms with van der Waals surface area (Å²) in [6.07, 6.45) is 0.480. The Balaban J connectivity index is 1.65. The number of fused-ring (bicyclic) bond motifs is 1. The van der Waals surface area contributed by atoms with Crippen molar-refractivity contribution in [2.45, 2.75) is 59.6 Å². The molecule has 0 saturated carbocycles. The number of rotatable bonds is 6. The van der Waals surface area contributed by atoms with Crippen molar-refractivity contribution in [1.29, 1.82) is 0 Å². The Morgan fingerprint density at radius 1 is 1.08 bits per heavy atom. The average molecular weight is 503 g/mol. The van der Waals surface area contributed by atoms with Gasteiger partial charge in [0.1, 0.15) is 11.6 Å². The van der Waals surface area contributed by atoms with Crippen molar-refractivity contribution in [2.24, 2.45) is 5.41 Å². The zero-order valence-electron chi connectivity index (χ0n) is 22.2. The van der Waals surface area contributed by atoms with E-state index < -0.39 is 17.6 Å². The van der Waals surface area contributed by atoms with Gasteiger partial charge in [0.05, 0.1) is 6.04 Å². The van der Waals surface area contributed by atoms with E-state index in [1.54, 1.807) is 6.07 Å². The molecule has 6 heteroatoms. The molecule has 0 unspecified atom stereocenters. The molecule has 0 spiro atoms. The van der Waals surface area contributed by atoms with Crippen LogP contribution in [0.15, 0.2) is 66.7 Å². The van der Waals surface area contributed by atoms with Crippen LogP contribution < -0.4 is 10.1 Å². The van der Waals surface area contributed by atoms with Crippen LogP contribution in [0.2, 0.25) is 0 Å². The van der Waals surface area contributed by atoms with Crippen molar-refractivity contribution in [3.8, 4) is 5.75 Å². The van der Waals surface area contributed by atoms with Crippen LogP contribution in [0.1, 0.15) is 62.4 Å². The Morgan fingerprint density at radius 3 is 2.46 bits per heavy atom. The van der Waals surface area contributed by atoms with Crippen LogP contribution in [0.5, 0.6) is 5.75 Å². The van der Waals surface area contributed by atoms with Crippen molar-refractivity contribution >= 4 is 17.5 Å². The van der Waals surface area contributed by atoms with Gasteiger partial charge in [0.25, 0.3) is 5.91 Å². The highest BCUT2D eigenvalue weighted by Gasteiger charge is 2.37. The average Bonchev–Trinajstić information content (AvgIpc) is 2.86. The van der Waals surface area contributed by atoms with Gasteiger partial charge < -0.3 is 15.0 Å². The Bertz CT molecular complexity index is 1280. The zero-order valence-corrected chi connectivity index (χ0v) is 22.2. The topological polar surface area (TPSA) is 58.6 Å². The maximum absolute atomic E-state index is 14.3. The lowest BCUT2D eigenvalue weighted by atomic mass is 9.85. The molecule has 1 N–H and O–H groups in total. The van der Waals surface area contributed by atoms with Crippen LogP contribution in [0.3, 0.4) is 0 Å².